The van der Waals surface area contributed by atoms with E-state index in [4.69, 9.17) is 9.15 Å². The lowest BCUT2D eigenvalue weighted by Gasteiger charge is -2.13. The van der Waals surface area contributed by atoms with Gasteiger partial charge in [-0.05, 0) is 37.1 Å². The van der Waals surface area contributed by atoms with Crippen LogP contribution in [0.15, 0.2) is 52.9 Å². The molecule has 0 saturated carbocycles. The normalized spacial score (nSPS) is 10.9. The first-order valence-electron chi connectivity index (χ1n) is 9.35. The third-order valence-corrected chi connectivity index (χ3v) is 4.76. The highest BCUT2D eigenvalue weighted by Crippen LogP contribution is 2.33. The molecule has 6 heteroatoms. The van der Waals surface area contributed by atoms with Crippen molar-refractivity contribution in [3.63, 3.8) is 0 Å². The van der Waals surface area contributed by atoms with Crippen LogP contribution in [-0.2, 0) is 4.79 Å². The van der Waals surface area contributed by atoms with E-state index in [1.54, 1.807) is 24.3 Å². The number of carbonyl (C=O) groups is 2. The van der Waals surface area contributed by atoms with Crippen molar-refractivity contribution in [1.29, 1.82) is 0 Å². The molecule has 0 aliphatic carbocycles. The summed E-state index contributed by atoms with van der Waals surface area (Å²) in [6.45, 7) is 3.94. The number of fused-ring (bicyclic) bond motifs is 1. The predicted octanol–water partition coefficient (Wildman–Crippen LogP) is 5.07. The number of methoxy groups -OCH3 is 1. The molecule has 2 amide bonds. The molecule has 0 saturated heterocycles. The minimum absolute atomic E-state index is 0.0615. The summed E-state index contributed by atoms with van der Waals surface area (Å²) in [6.07, 6.45) is 1.45. The van der Waals surface area contributed by atoms with Gasteiger partial charge in [0.15, 0.2) is 0 Å². The molecule has 6 nitrogen and oxygen atoms in total. The lowest BCUT2D eigenvalue weighted by atomic mass is 10.0. The molecule has 0 atom stereocenters. The standard InChI is InChI=1S/C22H24N2O4/c1-4-14(5-2)21(25)24-19-15-10-6-8-12-17(15)28-20(19)22(26)23-16-11-7-9-13-18(16)27-3/h6-14H,4-5H2,1-3H3,(H,23,26)(H,24,25). The van der Waals surface area contributed by atoms with Crippen molar-refractivity contribution in [2.24, 2.45) is 5.92 Å². The van der Waals surface area contributed by atoms with Crippen molar-refractivity contribution in [1.82, 2.24) is 0 Å². The Bertz CT molecular complexity index is 989. The van der Waals surface area contributed by atoms with Crippen LogP contribution in [0.2, 0.25) is 0 Å². The molecule has 2 aromatic carbocycles. The topological polar surface area (TPSA) is 80.6 Å². The van der Waals surface area contributed by atoms with Crippen LogP contribution in [0.5, 0.6) is 5.75 Å². The van der Waals surface area contributed by atoms with Gasteiger partial charge in [-0.15, -0.1) is 0 Å². The van der Waals surface area contributed by atoms with Crippen LogP contribution in [0, 0.1) is 5.92 Å². The average molecular weight is 380 g/mol. The van der Waals surface area contributed by atoms with E-state index < -0.39 is 5.91 Å². The highest BCUT2D eigenvalue weighted by molar-refractivity contribution is 6.15. The zero-order valence-electron chi connectivity index (χ0n) is 16.2. The first-order valence-corrected chi connectivity index (χ1v) is 9.35. The summed E-state index contributed by atoms with van der Waals surface area (Å²) in [6, 6.07) is 14.4. The Morgan fingerprint density at radius 1 is 1.00 bits per heavy atom. The molecule has 0 aliphatic rings. The largest absolute Gasteiger partial charge is 0.495 e. The van der Waals surface area contributed by atoms with Crippen LogP contribution in [0.25, 0.3) is 11.0 Å². The quantitative estimate of drug-likeness (QED) is 0.600. The Balaban J connectivity index is 1.98. The Labute approximate surface area is 163 Å². The Morgan fingerprint density at radius 3 is 2.39 bits per heavy atom. The number of hydrogen-bond acceptors (Lipinski definition) is 4. The second-order valence-corrected chi connectivity index (χ2v) is 6.46. The van der Waals surface area contributed by atoms with Crippen molar-refractivity contribution in [3.05, 3.63) is 54.3 Å². The molecule has 0 radical (unpaired) electrons. The minimum atomic E-state index is -0.458. The molecule has 2 N–H and O–H groups in total. The third-order valence-electron chi connectivity index (χ3n) is 4.76. The summed E-state index contributed by atoms with van der Waals surface area (Å²) in [4.78, 5) is 25.6. The summed E-state index contributed by atoms with van der Waals surface area (Å²) in [5.41, 5.74) is 1.44. The van der Waals surface area contributed by atoms with E-state index in [2.05, 4.69) is 10.6 Å². The van der Waals surface area contributed by atoms with Crippen LogP contribution in [-0.4, -0.2) is 18.9 Å². The SMILES string of the molecule is CCC(CC)C(=O)Nc1c(C(=O)Nc2ccccc2OC)oc2ccccc12. The Hall–Kier alpha value is -3.28. The first kappa shape index (κ1) is 19.5. The fourth-order valence-electron chi connectivity index (χ4n) is 3.14. The van der Waals surface area contributed by atoms with Crippen molar-refractivity contribution in [2.75, 3.05) is 17.7 Å². The summed E-state index contributed by atoms with van der Waals surface area (Å²) >= 11 is 0. The van der Waals surface area contributed by atoms with E-state index >= 15 is 0 Å². The van der Waals surface area contributed by atoms with Crippen LogP contribution >= 0.6 is 0 Å². The van der Waals surface area contributed by atoms with Crippen molar-refractivity contribution < 1.29 is 18.7 Å². The van der Waals surface area contributed by atoms with Crippen LogP contribution in [0.4, 0.5) is 11.4 Å². The zero-order valence-corrected chi connectivity index (χ0v) is 16.2. The zero-order chi connectivity index (χ0) is 20.1. The molecular formula is C22H24N2O4. The highest BCUT2D eigenvalue weighted by atomic mass is 16.5. The summed E-state index contributed by atoms with van der Waals surface area (Å²) < 4.78 is 11.1. The minimum Gasteiger partial charge on any atom is -0.495 e. The van der Waals surface area contributed by atoms with Gasteiger partial charge in [0.05, 0.1) is 12.8 Å². The van der Waals surface area contributed by atoms with Gasteiger partial charge in [-0.2, -0.15) is 0 Å². The molecule has 0 fully saturated rings. The molecule has 1 heterocycles. The number of rotatable bonds is 7. The third kappa shape index (κ3) is 3.86. The van der Waals surface area contributed by atoms with Crippen LogP contribution in [0.1, 0.15) is 37.2 Å². The molecule has 28 heavy (non-hydrogen) atoms. The summed E-state index contributed by atoms with van der Waals surface area (Å²) in [7, 11) is 1.54. The fraction of sp³-hybridized carbons (Fsp3) is 0.273. The molecule has 3 rings (SSSR count). The second kappa shape index (κ2) is 8.61. The smallest absolute Gasteiger partial charge is 0.293 e. The number of nitrogens with one attached hydrogen (secondary N) is 2. The van der Waals surface area contributed by atoms with Crippen molar-refractivity contribution >= 4 is 34.2 Å². The number of anilines is 2. The van der Waals surface area contributed by atoms with Gasteiger partial charge in [-0.3, -0.25) is 9.59 Å². The van der Waals surface area contributed by atoms with Gasteiger partial charge in [-0.25, -0.2) is 0 Å². The number of carbonyl (C=O) groups excluding carboxylic acids is 2. The van der Waals surface area contributed by atoms with Gasteiger partial charge < -0.3 is 19.8 Å². The van der Waals surface area contributed by atoms with Gasteiger partial charge in [0, 0.05) is 11.3 Å². The average Bonchev–Trinajstić information content (AvgIpc) is 3.08. The van der Waals surface area contributed by atoms with Gasteiger partial charge in [-0.1, -0.05) is 38.1 Å². The van der Waals surface area contributed by atoms with Crippen molar-refractivity contribution in [2.45, 2.75) is 26.7 Å². The van der Waals surface area contributed by atoms with E-state index in [0.29, 0.717) is 28.1 Å². The van der Waals surface area contributed by atoms with E-state index in [-0.39, 0.29) is 17.6 Å². The molecule has 0 aliphatic heterocycles. The number of benzene rings is 2. The predicted molar refractivity (Wildman–Crippen MR) is 110 cm³/mol. The number of hydrogen-bond donors (Lipinski definition) is 2. The first-order chi connectivity index (χ1) is 13.6. The molecule has 0 bridgehead atoms. The number of amides is 2. The maximum atomic E-state index is 13.0. The lowest BCUT2D eigenvalue weighted by Crippen LogP contribution is -2.23. The number of para-hydroxylation sites is 3. The lowest BCUT2D eigenvalue weighted by molar-refractivity contribution is -0.120. The maximum absolute atomic E-state index is 13.0. The van der Waals surface area contributed by atoms with Crippen LogP contribution < -0.4 is 15.4 Å². The molecule has 146 valence electrons. The molecule has 1 aromatic heterocycles. The van der Waals surface area contributed by atoms with E-state index in [0.717, 1.165) is 12.8 Å². The number of furan rings is 1. The van der Waals surface area contributed by atoms with E-state index in [1.807, 2.05) is 38.1 Å². The Kier molecular flexibility index (Phi) is 5.99. The summed E-state index contributed by atoms with van der Waals surface area (Å²) in [5.74, 6) is -0.108. The van der Waals surface area contributed by atoms with Crippen LogP contribution in [0.3, 0.4) is 0 Å². The van der Waals surface area contributed by atoms with E-state index in [1.165, 1.54) is 7.11 Å². The molecule has 0 spiro atoms. The van der Waals surface area contributed by atoms with Gasteiger partial charge >= 0.3 is 0 Å². The van der Waals surface area contributed by atoms with E-state index in [9.17, 15) is 9.59 Å². The fourth-order valence-corrected chi connectivity index (χ4v) is 3.14. The number of ether oxygens (including phenoxy) is 1. The molecule has 3 aromatic rings. The highest BCUT2D eigenvalue weighted by Gasteiger charge is 2.25. The van der Waals surface area contributed by atoms with Gasteiger partial charge in [0.2, 0.25) is 11.7 Å². The van der Waals surface area contributed by atoms with Crippen molar-refractivity contribution in [3.8, 4) is 5.75 Å². The summed E-state index contributed by atoms with van der Waals surface area (Å²) in [5, 5.41) is 6.39. The maximum Gasteiger partial charge on any atom is 0.293 e. The Morgan fingerprint density at radius 2 is 1.68 bits per heavy atom. The van der Waals surface area contributed by atoms with Gasteiger partial charge in [0.25, 0.3) is 5.91 Å². The monoisotopic (exact) mass is 380 g/mol. The second-order valence-electron chi connectivity index (χ2n) is 6.46. The molecular weight excluding hydrogens is 356 g/mol. The molecule has 0 unspecified atom stereocenters. The van der Waals surface area contributed by atoms with Gasteiger partial charge in [0.1, 0.15) is 17.0 Å².